The number of hydrogen-bond acceptors (Lipinski definition) is 3. The van der Waals surface area contributed by atoms with Crippen LogP contribution >= 0.6 is 23.2 Å². The highest BCUT2D eigenvalue weighted by atomic mass is 35.5. The fraction of sp³-hybridized carbons (Fsp3) is 0.111. The Bertz CT molecular complexity index is 442. The van der Waals surface area contributed by atoms with Gasteiger partial charge in [0.15, 0.2) is 0 Å². The van der Waals surface area contributed by atoms with E-state index in [9.17, 15) is 0 Å². The zero-order valence-electron chi connectivity index (χ0n) is 7.08. The Balaban J connectivity index is 2.39. The second-order valence-corrected chi connectivity index (χ2v) is 3.36. The van der Waals surface area contributed by atoms with Crippen molar-refractivity contribution in [3.63, 3.8) is 0 Å². The molecule has 0 aliphatic carbocycles. The van der Waals surface area contributed by atoms with Gasteiger partial charge in [-0.25, -0.2) is 0 Å². The van der Waals surface area contributed by atoms with E-state index >= 15 is 0 Å². The molecule has 14 heavy (non-hydrogen) atoms. The first-order valence-corrected chi connectivity index (χ1v) is 4.85. The zero-order chi connectivity index (χ0) is 9.97. The van der Waals surface area contributed by atoms with Crippen molar-refractivity contribution in [2.45, 2.75) is 5.88 Å². The predicted molar refractivity (Wildman–Crippen MR) is 54.3 cm³/mol. The first kappa shape index (κ1) is 9.49. The largest absolute Gasteiger partial charge is 0.338 e. The lowest BCUT2D eigenvalue weighted by molar-refractivity contribution is 0.391. The lowest BCUT2D eigenvalue weighted by Crippen LogP contribution is -1.81. The minimum atomic E-state index is 0.216. The highest BCUT2D eigenvalue weighted by Crippen LogP contribution is 2.20. The number of alkyl halides is 1. The van der Waals surface area contributed by atoms with Gasteiger partial charge in [-0.2, -0.15) is 4.98 Å². The van der Waals surface area contributed by atoms with Gasteiger partial charge < -0.3 is 4.52 Å². The van der Waals surface area contributed by atoms with Crippen molar-refractivity contribution >= 4 is 23.2 Å². The number of nitrogens with zero attached hydrogens (tertiary/aromatic N) is 2. The first-order valence-electron chi connectivity index (χ1n) is 3.94. The van der Waals surface area contributed by atoms with E-state index in [1.165, 1.54) is 0 Å². The minimum absolute atomic E-state index is 0.216. The van der Waals surface area contributed by atoms with Gasteiger partial charge >= 0.3 is 0 Å². The molecule has 72 valence electrons. The minimum Gasteiger partial charge on any atom is -0.338 e. The van der Waals surface area contributed by atoms with E-state index in [1.54, 1.807) is 12.1 Å². The summed E-state index contributed by atoms with van der Waals surface area (Å²) in [6.07, 6.45) is 0. The van der Waals surface area contributed by atoms with Crippen LogP contribution in [0.2, 0.25) is 5.02 Å². The molecule has 0 radical (unpaired) electrons. The molecule has 0 spiro atoms. The average Bonchev–Trinajstić information content (AvgIpc) is 2.66. The van der Waals surface area contributed by atoms with Crippen molar-refractivity contribution in [2.75, 3.05) is 0 Å². The number of aromatic nitrogens is 2. The molecule has 0 unspecified atom stereocenters. The van der Waals surface area contributed by atoms with E-state index in [0.717, 1.165) is 5.56 Å². The van der Waals surface area contributed by atoms with Crippen LogP contribution in [0.3, 0.4) is 0 Å². The third kappa shape index (κ3) is 1.89. The van der Waals surface area contributed by atoms with Crippen molar-refractivity contribution in [2.24, 2.45) is 0 Å². The molecule has 0 bridgehead atoms. The standard InChI is InChI=1S/C9H6Cl2N2O/c10-5-8-12-9(13-14-8)6-2-1-3-7(11)4-6/h1-4H,5H2. The Kier molecular flexibility index (Phi) is 2.70. The van der Waals surface area contributed by atoms with Crippen LogP contribution in [0.25, 0.3) is 11.4 Å². The van der Waals surface area contributed by atoms with E-state index < -0.39 is 0 Å². The molecule has 0 aliphatic heterocycles. The number of benzene rings is 1. The van der Waals surface area contributed by atoms with Crippen molar-refractivity contribution in [1.29, 1.82) is 0 Å². The Morgan fingerprint density at radius 1 is 1.36 bits per heavy atom. The molecule has 0 aliphatic rings. The molecule has 1 aromatic carbocycles. The summed E-state index contributed by atoms with van der Waals surface area (Å²) in [5, 5.41) is 4.41. The second-order valence-electron chi connectivity index (χ2n) is 2.66. The molecule has 3 nitrogen and oxygen atoms in total. The summed E-state index contributed by atoms with van der Waals surface area (Å²) < 4.78 is 4.87. The maximum atomic E-state index is 5.82. The fourth-order valence-corrected chi connectivity index (χ4v) is 1.35. The molecule has 1 aromatic heterocycles. The van der Waals surface area contributed by atoms with Crippen LogP contribution in [-0.4, -0.2) is 10.1 Å². The van der Waals surface area contributed by atoms with Crippen LogP contribution in [0, 0.1) is 0 Å². The average molecular weight is 229 g/mol. The zero-order valence-corrected chi connectivity index (χ0v) is 8.59. The van der Waals surface area contributed by atoms with Crippen LogP contribution in [0.1, 0.15) is 5.89 Å². The molecule has 2 aromatic rings. The number of rotatable bonds is 2. The summed E-state index contributed by atoms with van der Waals surface area (Å²) in [5.74, 6) is 1.12. The molecule has 0 amide bonds. The van der Waals surface area contributed by atoms with E-state index in [1.807, 2.05) is 12.1 Å². The topological polar surface area (TPSA) is 38.9 Å². The summed E-state index contributed by atoms with van der Waals surface area (Å²) in [5.41, 5.74) is 0.817. The third-order valence-electron chi connectivity index (χ3n) is 1.67. The lowest BCUT2D eigenvalue weighted by atomic mass is 10.2. The molecular formula is C9H6Cl2N2O. The number of hydrogen-bond donors (Lipinski definition) is 0. The van der Waals surface area contributed by atoms with E-state index in [0.29, 0.717) is 16.7 Å². The molecule has 0 saturated carbocycles. The highest BCUT2D eigenvalue weighted by Gasteiger charge is 2.07. The molecule has 0 fully saturated rings. The van der Waals surface area contributed by atoms with Gasteiger partial charge in [0.2, 0.25) is 11.7 Å². The maximum absolute atomic E-state index is 5.82. The fourth-order valence-electron chi connectivity index (χ4n) is 1.05. The van der Waals surface area contributed by atoms with E-state index in [4.69, 9.17) is 27.7 Å². The van der Waals surface area contributed by atoms with Crippen LogP contribution in [0.15, 0.2) is 28.8 Å². The molecule has 2 rings (SSSR count). The van der Waals surface area contributed by atoms with Crippen molar-refractivity contribution < 1.29 is 4.52 Å². The quantitative estimate of drug-likeness (QED) is 0.742. The van der Waals surface area contributed by atoms with Crippen LogP contribution in [-0.2, 0) is 5.88 Å². The van der Waals surface area contributed by atoms with Crippen molar-refractivity contribution in [1.82, 2.24) is 10.1 Å². The van der Waals surface area contributed by atoms with Gasteiger partial charge in [-0.05, 0) is 12.1 Å². The Morgan fingerprint density at radius 2 is 2.21 bits per heavy atom. The van der Waals surface area contributed by atoms with Gasteiger partial charge in [-0.15, -0.1) is 11.6 Å². The van der Waals surface area contributed by atoms with Gasteiger partial charge in [0.25, 0.3) is 0 Å². The third-order valence-corrected chi connectivity index (χ3v) is 2.13. The Hall–Kier alpha value is -1.06. The first-order chi connectivity index (χ1) is 6.79. The van der Waals surface area contributed by atoms with Crippen LogP contribution < -0.4 is 0 Å². The Morgan fingerprint density at radius 3 is 2.86 bits per heavy atom. The molecule has 1 heterocycles. The summed E-state index contributed by atoms with van der Waals surface area (Å²) in [6, 6.07) is 7.24. The SMILES string of the molecule is ClCc1nc(-c2cccc(Cl)c2)no1. The summed E-state index contributed by atoms with van der Waals surface area (Å²) in [7, 11) is 0. The van der Waals surface area contributed by atoms with Crippen LogP contribution in [0.4, 0.5) is 0 Å². The molecule has 0 saturated heterocycles. The predicted octanol–water partition coefficient (Wildman–Crippen LogP) is 3.13. The molecule has 0 atom stereocenters. The second kappa shape index (κ2) is 3.98. The van der Waals surface area contributed by atoms with Crippen molar-refractivity contribution in [3.8, 4) is 11.4 Å². The van der Waals surface area contributed by atoms with Gasteiger partial charge in [0, 0.05) is 10.6 Å². The summed E-state index contributed by atoms with van der Waals surface area (Å²) in [6.45, 7) is 0. The van der Waals surface area contributed by atoms with Crippen LogP contribution in [0.5, 0.6) is 0 Å². The van der Waals surface area contributed by atoms with Gasteiger partial charge in [-0.3, -0.25) is 0 Å². The smallest absolute Gasteiger partial charge is 0.241 e. The molecule has 0 N–H and O–H groups in total. The highest BCUT2D eigenvalue weighted by molar-refractivity contribution is 6.30. The number of halogens is 2. The van der Waals surface area contributed by atoms with Gasteiger partial charge in [0.1, 0.15) is 5.88 Å². The maximum Gasteiger partial charge on any atom is 0.241 e. The Labute approximate surface area is 90.6 Å². The van der Waals surface area contributed by atoms with E-state index in [2.05, 4.69) is 10.1 Å². The van der Waals surface area contributed by atoms with Gasteiger partial charge in [-0.1, -0.05) is 28.9 Å². The molecular weight excluding hydrogens is 223 g/mol. The molecule has 5 heteroatoms. The summed E-state index contributed by atoms with van der Waals surface area (Å²) >= 11 is 11.4. The lowest BCUT2D eigenvalue weighted by Gasteiger charge is -1.93. The normalized spacial score (nSPS) is 10.4. The van der Waals surface area contributed by atoms with E-state index in [-0.39, 0.29) is 5.88 Å². The summed E-state index contributed by atoms with van der Waals surface area (Å²) in [4.78, 5) is 4.07. The monoisotopic (exact) mass is 228 g/mol. The van der Waals surface area contributed by atoms with Gasteiger partial charge in [0.05, 0.1) is 0 Å². The van der Waals surface area contributed by atoms with Crippen molar-refractivity contribution in [3.05, 3.63) is 35.2 Å².